The van der Waals surface area contributed by atoms with Crippen molar-refractivity contribution in [2.45, 2.75) is 23.9 Å². The number of hydrogen-bond acceptors (Lipinski definition) is 7. The number of nitrogens with one attached hydrogen (secondary N) is 1. The Bertz CT molecular complexity index is 1780. The van der Waals surface area contributed by atoms with Crippen molar-refractivity contribution in [1.29, 1.82) is 0 Å². The van der Waals surface area contributed by atoms with E-state index in [1.807, 2.05) is 41.3 Å². The van der Waals surface area contributed by atoms with Crippen molar-refractivity contribution in [2.24, 2.45) is 0 Å². The molecule has 1 aromatic heterocycles. The molecule has 0 unspecified atom stereocenters. The molecule has 40 heavy (non-hydrogen) atoms. The van der Waals surface area contributed by atoms with Crippen molar-refractivity contribution < 1.29 is 26.0 Å². The lowest BCUT2D eigenvalue weighted by atomic mass is 10.00. The summed E-state index contributed by atoms with van der Waals surface area (Å²) in [6.45, 7) is 1.71. The van der Waals surface area contributed by atoms with Crippen molar-refractivity contribution in [3.05, 3.63) is 82.3 Å². The molecule has 0 spiro atoms. The number of sulfone groups is 1. The molecule has 0 radical (unpaired) electrons. The zero-order valence-electron chi connectivity index (χ0n) is 21.1. The number of fused-ring (bicyclic) bond motifs is 2. The predicted molar refractivity (Wildman–Crippen MR) is 145 cm³/mol. The van der Waals surface area contributed by atoms with E-state index < -0.39 is 49.7 Å². The SMILES string of the molecule is CS(=O)(=O)c1c(F)c(F)c(F)c(F)c1NC1CN(c2ncnc3c2CCN(c2cccc4cccc(Cl)c24)C3)C1. The second kappa shape index (κ2) is 9.77. The molecule has 6 rings (SSSR count). The first kappa shape index (κ1) is 26.6. The lowest BCUT2D eigenvalue weighted by Gasteiger charge is -2.43. The van der Waals surface area contributed by atoms with Gasteiger partial charge < -0.3 is 15.1 Å². The Labute approximate surface area is 232 Å². The molecule has 7 nitrogen and oxygen atoms in total. The van der Waals surface area contributed by atoms with Crippen LogP contribution in [0.5, 0.6) is 0 Å². The van der Waals surface area contributed by atoms with Gasteiger partial charge in [0, 0.05) is 42.5 Å². The minimum Gasteiger partial charge on any atom is -0.375 e. The highest BCUT2D eigenvalue weighted by Crippen LogP contribution is 2.38. The summed E-state index contributed by atoms with van der Waals surface area (Å²) in [4.78, 5) is 11.8. The fraction of sp³-hybridized carbons (Fsp3) is 0.259. The van der Waals surface area contributed by atoms with Crippen molar-refractivity contribution in [3.63, 3.8) is 0 Å². The monoisotopic (exact) mass is 591 g/mol. The van der Waals surface area contributed by atoms with Crippen LogP contribution in [0, 0.1) is 23.3 Å². The summed E-state index contributed by atoms with van der Waals surface area (Å²) in [7, 11) is -4.41. The average molecular weight is 592 g/mol. The zero-order valence-corrected chi connectivity index (χ0v) is 22.6. The minimum atomic E-state index is -4.41. The molecule has 0 bridgehead atoms. The van der Waals surface area contributed by atoms with Crippen LogP contribution in [0.1, 0.15) is 11.3 Å². The molecule has 208 valence electrons. The van der Waals surface area contributed by atoms with E-state index in [1.165, 1.54) is 6.33 Å². The first-order valence-corrected chi connectivity index (χ1v) is 14.6. The Balaban J connectivity index is 1.23. The molecule has 3 heterocycles. The highest BCUT2D eigenvalue weighted by Gasteiger charge is 2.36. The van der Waals surface area contributed by atoms with Gasteiger partial charge in [-0.3, -0.25) is 0 Å². The summed E-state index contributed by atoms with van der Waals surface area (Å²) in [6.07, 6.45) is 2.70. The number of rotatable bonds is 5. The molecule has 0 atom stereocenters. The molecular formula is C27H22ClF4N5O2S. The molecular weight excluding hydrogens is 570 g/mol. The second-order valence-corrected chi connectivity index (χ2v) is 12.2. The Morgan fingerprint density at radius 2 is 1.65 bits per heavy atom. The van der Waals surface area contributed by atoms with Crippen LogP contribution in [0.15, 0.2) is 47.6 Å². The van der Waals surface area contributed by atoms with Crippen LogP contribution >= 0.6 is 11.6 Å². The highest BCUT2D eigenvalue weighted by atomic mass is 35.5. The number of benzene rings is 3. The lowest BCUT2D eigenvalue weighted by Crippen LogP contribution is -2.56. The number of anilines is 3. The van der Waals surface area contributed by atoms with E-state index >= 15 is 0 Å². The summed E-state index contributed by atoms with van der Waals surface area (Å²) >= 11 is 6.53. The van der Waals surface area contributed by atoms with Crippen molar-refractivity contribution in [2.75, 3.05) is 41.0 Å². The van der Waals surface area contributed by atoms with E-state index in [4.69, 9.17) is 11.6 Å². The molecule has 3 aromatic carbocycles. The molecule has 1 fully saturated rings. The maximum absolute atomic E-state index is 14.5. The molecule has 13 heteroatoms. The topological polar surface area (TPSA) is 78.4 Å². The Kier molecular flexibility index (Phi) is 6.49. The fourth-order valence-electron chi connectivity index (χ4n) is 5.39. The third-order valence-electron chi connectivity index (χ3n) is 7.28. The van der Waals surface area contributed by atoms with Gasteiger partial charge in [0.25, 0.3) is 0 Å². The van der Waals surface area contributed by atoms with E-state index in [0.29, 0.717) is 36.6 Å². The van der Waals surface area contributed by atoms with Crippen LogP contribution in [0.3, 0.4) is 0 Å². The van der Waals surface area contributed by atoms with Gasteiger partial charge in [0.15, 0.2) is 33.1 Å². The van der Waals surface area contributed by atoms with Gasteiger partial charge in [-0.15, -0.1) is 0 Å². The van der Waals surface area contributed by atoms with Gasteiger partial charge in [0.1, 0.15) is 17.0 Å². The molecule has 1 saturated heterocycles. The van der Waals surface area contributed by atoms with Crippen LogP contribution in [0.25, 0.3) is 10.8 Å². The van der Waals surface area contributed by atoms with E-state index in [1.54, 1.807) is 0 Å². The Morgan fingerprint density at radius 1 is 0.950 bits per heavy atom. The van der Waals surface area contributed by atoms with E-state index in [9.17, 15) is 26.0 Å². The van der Waals surface area contributed by atoms with E-state index in [2.05, 4.69) is 20.2 Å². The third-order valence-corrected chi connectivity index (χ3v) is 8.72. The zero-order chi connectivity index (χ0) is 28.3. The van der Waals surface area contributed by atoms with Gasteiger partial charge >= 0.3 is 0 Å². The second-order valence-electron chi connectivity index (χ2n) is 9.89. The van der Waals surface area contributed by atoms with Gasteiger partial charge in [-0.05, 0) is 23.9 Å². The normalized spacial score (nSPS) is 15.8. The quantitative estimate of drug-likeness (QED) is 0.150. The third kappa shape index (κ3) is 4.39. The number of hydrogen-bond donors (Lipinski definition) is 1. The smallest absolute Gasteiger partial charge is 0.199 e. The van der Waals surface area contributed by atoms with E-state index in [0.717, 1.165) is 27.7 Å². The van der Waals surface area contributed by atoms with Crippen LogP contribution in [0.4, 0.5) is 34.8 Å². The molecule has 2 aliphatic heterocycles. The van der Waals surface area contributed by atoms with Crippen LogP contribution in [-0.2, 0) is 22.8 Å². The maximum atomic E-state index is 14.5. The average Bonchev–Trinajstić information content (AvgIpc) is 2.90. The van der Waals surface area contributed by atoms with Gasteiger partial charge in [0.05, 0.1) is 29.0 Å². The van der Waals surface area contributed by atoms with Crippen LogP contribution < -0.4 is 15.1 Å². The summed E-state index contributed by atoms with van der Waals surface area (Å²) < 4.78 is 80.7. The predicted octanol–water partition coefficient (Wildman–Crippen LogP) is 5.11. The van der Waals surface area contributed by atoms with Crippen molar-refractivity contribution in [1.82, 2.24) is 9.97 Å². The standard InChI is InChI=1S/C27H22ClF4N5O2S/c1-40(38,39)26-24(32)22(30)21(29)23(31)25(26)35-15-10-37(11-15)27-16-8-9-36(12-18(16)33-13-34-27)19-7-3-5-14-4-2-6-17(28)20(14)19/h2-7,13,15,35H,8-12H2,1H3. The Morgan fingerprint density at radius 3 is 2.38 bits per heavy atom. The summed E-state index contributed by atoms with van der Waals surface area (Å²) in [5, 5.41) is 5.22. The summed E-state index contributed by atoms with van der Waals surface area (Å²) in [6, 6.07) is 11.2. The van der Waals surface area contributed by atoms with Crippen molar-refractivity contribution >= 4 is 49.4 Å². The molecule has 0 amide bonds. The molecule has 0 saturated carbocycles. The molecule has 0 aliphatic carbocycles. The molecule has 1 N–H and O–H groups in total. The number of halogens is 5. The summed E-state index contributed by atoms with van der Waals surface area (Å²) in [5.41, 5.74) is 1.87. The van der Waals surface area contributed by atoms with Gasteiger partial charge in [0.2, 0.25) is 0 Å². The largest absolute Gasteiger partial charge is 0.375 e. The highest BCUT2D eigenvalue weighted by molar-refractivity contribution is 7.90. The first-order valence-electron chi connectivity index (χ1n) is 12.4. The van der Waals surface area contributed by atoms with Crippen molar-refractivity contribution in [3.8, 4) is 0 Å². The Hall–Kier alpha value is -3.64. The lowest BCUT2D eigenvalue weighted by molar-refractivity contribution is 0.397. The number of aromatic nitrogens is 2. The number of nitrogens with zero attached hydrogens (tertiary/aromatic N) is 4. The summed E-state index contributed by atoms with van der Waals surface area (Å²) in [5.74, 6) is -7.32. The molecule has 2 aliphatic rings. The maximum Gasteiger partial charge on any atom is 0.199 e. The van der Waals surface area contributed by atoms with Gasteiger partial charge in [-0.25, -0.2) is 35.9 Å². The van der Waals surface area contributed by atoms with Gasteiger partial charge in [-0.2, -0.15) is 0 Å². The fourth-order valence-corrected chi connectivity index (χ4v) is 6.60. The van der Waals surface area contributed by atoms with Gasteiger partial charge in [-0.1, -0.05) is 35.9 Å². The van der Waals surface area contributed by atoms with Crippen LogP contribution in [-0.4, -0.2) is 50.3 Å². The molecule has 4 aromatic rings. The first-order chi connectivity index (χ1) is 19.0. The van der Waals surface area contributed by atoms with E-state index in [-0.39, 0.29) is 13.1 Å². The minimum absolute atomic E-state index is 0.245. The van der Waals surface area contributed by atoms with Crippen LogP contribution in [0.2, 0.25) is 5.02 Å².